The first-order valence-electron chi connectivity index (χ1n) is 2.47. The van der Waals surface area contributed by atoms with Gasteiger partial charge in [0.1, 0.15) is 0 Å². The van der Waals surface area contributed by atoms with Gasteiger partial charge < -0.3 is 6.42 Å². The molecule has 0 aromatic carbocycles. The summed E-state index contributed by atoms with van der Waals surface area (Å²) in [6, 6.07) is 0. The second-order valence-electron chi connectivity index (χ2n) is 1.15. The standard InChI is InChI=1S/C4H7.C3H7.Mg/c1-3-4-2;1-3-2;/h3-4H,1H2,2H3;3H,1-2H3;/q2*-1;+2/b4-3+;;. The normalized spacial score (nSPS) is 6.88. The molecule has 0 aromatic rings. The van der Waals surface area contributed by atoms with Gasteiger partial charge in [0.25, 0.3) is 0 Å². The van der Waals surface area contributed by atoms with Gasteiger partial charge in [0.15, 0.2) is 0 Å². The Balaban J connectivity index is -0.0000000575. The summed E-state index contributed by atoms with van der Waals surface area (Å²) in [6.07, 6.45) is 5.64. The number of allylic oxidation sites excluding steroid dienone is 2. The van der Waals surface area contributed by atoms with Crippen LogP contribution in [-0.2, 0) is 0 Å². The quantitative estimate of drug-likeness (QED) is 0.342. The summed E-state index contributed by atoms with van der Waals surface area (Å²) in [7, 11) is 0. The second-order valence-corrected chi connectivity index (χ2v) is 1.15. The van der Waals surface area contributed by atoms with E-state index in [9.17, 15) is 0 Å². The largest absolute Gasteiger partial charge is 2.00 e. The van der Waals surface area contributed by atoms with E-state index in [2.05, 4.69) is 6.92 Å². The monoisotopic (exact) mass is 122 g/mol. The third-order valence-corrected chi connectivity index (χ3v) is 0.236. The minimum atomic E-state index is 0. The van der Waals surface area contributed by atoms with Crippen LogP contribution in [-0.4, -0.2) is 23.1 Å². The van der Waals surface area contributed by atoms with Crippen molar-refractivity contribution in [2.75, 3.05) is 0 Å². The zero-order chi connectivity index (χ0) is 6.12. The van der Waals surface area contributed by atoms with Crippen molar-refractivity contribution in [3.63, 3.8) is 0 Å². The van der Waals surface area contributed by atoms with E-state index in [4.69, 9.17) is 0 Å². The fraction of sp³-hybridized carbons (Fsp3) is 0.429. The van der Waals surface area contributed by atoms with Gasteiger partial charge in [-0.15, -0.1) is 6.92 Å². The molecule has 0 aliphatic heterocycles. The van der Waals surface area contributed by atoms with Gasteiger partial charge in [0, 0.05) is 0 Å². The molecule has 0 spiro atoms. The predicted molar refractivity (Wildman–Crippen MR) is 41.6 cm³/mol. The van der Waals surface area contributed by atoms with Crippen molar-refractivity contribution < 1.29 is 0 Å². The minimum absolute atomic E-state index is 0. The Kier molecular flexibility index (Phi) is 51.9. The molecule has 0 radical (unpaired) electrons. The van der Waals surface area contributed by atoms with Gasteiger partial charge >= 0.3 is 23.1 Å². The van der Waals surface area contributed by atoms with Crippen LogP contribution in [0.1, 0.15) is 20.8 Å². The van der Waals surface area contributed by atoms with E-state index in [1.54, 1.807) is 6.08 Å². The maximum absolute atomic E-state index is 3.42. The van der Waals surface area contributed by atoms with Crippen molar-refractivity contribution in [2.45, 2.75) is 20.8 Å². The average Bonchev–Trinajstić information content (AvgIpc) is 1.69. The summed E-state index contributed by atoms with van der Waals surface area (Å²) in [5.41, 5.74) is 0. The molecule has 0 saturated carbocycles. The van der Waals surface area contributed by atoms with E-state index in [0.29, 0.717) is 0 Å². The molecule has 0 amide bonds. The van der Waals surface area contributed by atoms with E-state index in [1.165, 1.54) is 0 Å². The molecule has 0 saturated heterocycles. The van der Waals surface area contributed by atoms with Gasteiger partial charge in [0.05, 0.1) is 0 Å². The first-order valence-corrected chi connectivity index (χ1v) is 2.47. The summed E-state index contributed by atoms with van der Waals surface area (Å²) in [6.45, 7) is 9.36. The Hall–Kier alpha value is 0.376. The third kappa shape index (κ3) is 97.3. The van der Waals surface area contributed by atoms with Crippen molar-refractivity contribution in [2.24, 2.45) is 0 Å². The second kappa shape index (κ2) is 26.3. The van der Waals surface area contributed by atoms with Crippen LogP contribution in [0.5, 0.6) is 0 Å². The molecule has 0 nitrogen and oxygen atoms in total. The fourth-order valence-corrected chi connectivity index (χ4v) is 0. The molecule has 0 aromatic heterocycles. The van der Waals surface area contributed by atoms with E-state index in [0.717, 1.165) is 0 Å². The SMILES string of the molecule is C[CH-]C.[CH2-]/C=C/C.[Mg+2]. The van der Waals surface area contributed by atoms with Crippen molar-refractivity contribution in [1.82, 2.24) is 0 Å². The smallest absolute Gasteiger partial charge is 0.335 e. The molecule has 0 N–H and O–H groups in total. The molecule has 0 bridgehead atoms. The van der Waals surface area contributed by atoms with Crippen LogP contribution in [0, 0.1) is 13.3 Å². The molecular formula is C7H14Mg. The van der Waals surface area contributed by atoms with Gasteiger partial charge in [-0.1, -0.05) is 0 Å². The van der Waals surface area contributed by atoms with Crippen molar-refractivity contribution in [1.29, 1.82) is 0 Å². The molecule has 0 rings (SSSR count). The summed E-state index contributed by atoms with van der Waals surface area (Å²) in [4.78, 5) is 0. The molecule has 8 heavy (non-hydrogen) atoms. The summed E-state index contributed by atoms with van der Waals surface area (Å²) >= 11 is 0. The van der Waals surface area contributed by atoms with Crippen molar-refractivity contribution in [3.8, 4) is 0 Å². The summed E-state index contributed by atoms with van der Waals surface area (Å²) < 4.78 is 0. The number of rotatable bonds is 0. The van der Waals surface area contributed by atoms with Crippen LogP contribution in [0.3, 0.4) is 0 Å². The molecular weight excluding hydrogens is 108 g/mol. The van der Waals surface area contributed by atoms with E-state index in [-0.39, 0.29) is 23.1 Å². The number of hydrogen-bond acceptors (Lipinski definition) is 0. The molecule has 0 heterocycles. The molecule has 0 fully saturated rings. The zero-order valence-corrected chi connectivity index (χ0v) is 7.56. The van der Waals surface area contributed by atoms with Crippen molar-refractivity contribution in [3.05, 3.63) is 25.5 Å². The van der Waals surface area contributed by atoms with Gasteiger partial charge in [0.2, 0.25) is 0 Å². The Morgan fingerprint density at radius 2 is 1.50 bits per heavy atom. The van der Waals surface area contributed by atoms with Crippen LogP contribution in [0.25, 0.3) is 0 Å². The molecule has 0 aliphatic carbocycles. The molecule has 1 heteroatoms. The van der Waals surface area contributed by atoms with Gasteiger partial charge in [-0.3, -0.25) is 0 Å². The Bertz CT molecular complexity index is 27.4. The van der Waals surface area contributed by atoms with Crippen LogP contribution in [0.15, 0.2) is 12.2 Å². The van der Waals surface area contributed by atoms with Gasteiger partial charge in [-0.05, 0) is 0 Å². The average molecular weight is 122 g/mol. The van der Waals surface area contributed by atoms with Gasteiger partial charge in [-0.25, -0.2) is 19.1 Å². The van der Waals surface area contributed by atoms with Crippen LogP contribution < -0.4 is 0 Å². The topological polar surface area (TPSA) is 0 Å². The molecule has 0 aliphatic rings. The first kappa shape index (κ1) is 15.8. The van der Waals surface area contributed by atoms with Crippen LogP contribution >= 0.6 is 0 Å². The summed E-state index contributed by atoms with van der Waals surface area (Å²) in [5, 5.41) is 0. The van der Waals surface area contributed by atoms with Crippen LogP contribution in [0.4, 0.5) is 0 Å². The van der Waals surface area contributed by atoms with Gasteiger partial charge in [-0.2, -0.15) is 13.8 Å². The Morgan fingerprint density at radius 3 is 1.50 bits per heavy atom. The van der Waals surface area contributed by atoms with E-state index >= 15 is 0 Å². The summed E-state index contributed by atoms with van der Waals surface area (Å²) in [5.74, 6) is 0. The Morgan fingerprint density at radius 1 is 1.38 bits per heavy atom. The predicted octanol–water partition coefficient (Wildman–Crippen LogP) is 2.25. The van der Waals surface area contributed by atoms with E-state index in [1.807, 2.05) is 33.3 Å². The molecule has 0 atom stereocenters. The van der Waals surface area contributed by atoms with Crippen LogP contribution in [0.2, 0.25) is 0 Å². The number of hydrogen-bond donors (Lipinski definition) is 0. The third-order valence-electron chi connectivity index (χ3n) is 0.236. The molecule has 0 unspecified atom stereocenters. The first-order chi connectivity index (χ1) is 3.33. The maximum Gasteiger partial charge on any atom is 2.00 e. The maximum atomic E-state index is 3.42. The fourth-order valence-electron chi connectivity index (χ4n) is 0. The zero-order valence-electron chi connectivity index (χ0n) is 6.15. The minimum Gasteiger partial charge on any atom is -0.335 e. The Labute approximate surface area is 69.5 Å². The van der Waals surface area contributed by atoms with Crippen molar-refractivity contribution >= 4 is 23.1 Å². The van der Waals surface area contributed by atoms with E-state index < -0.39 is 0 Å². The molecule has 44 valence electrons.